The van der Waals surface area contributed by atoms with Gasteiger partial charge in [-0.25, -0.2) is 8.42 Å². The number of allylic oxidation sites excluding steroid dienone is 4. The van der Waals surface area contributed by atoms with E-state index in [4.69, 9.17) is 51.6 Å². The predicted octanol–water partition coefficient (Wildman–Crippen LogP) is -5.27. The zero-order valence-corrected chi connectivity index (χ0v) is 52.5. The molecule has 9 aliphatic rings. The van der Waals surface area contributed by atoms with Gasteiger partial charge in [-0.3, -0.25) is 4.18 Å². The standard InChI is InChI=1S/C56H92O27S.Na/c1-22(2)10-9-15-56(8,69)34-12-11-28-27-19-31(30-18-26(83-84(70,71)72)13-16-54(30,6)29(27)14-17-55(28,34)7)77-51-45(68)46(37(60)25(5)76-51)80-52-47(81-49-43(66)40(63)35(58)23(3)74-49)39(62)33(21-73-52)79-53-48(42(65)38(61)32(20-57)78-53)82-50-44(67)41(64)36(59)24(4)75-50;/h10,14,23-28,30-53,57-69H,9,11-13,15-21H2,1-8H3,(H,70,71,72);/q;+1/p-1/t23?,24?,25?,26-,27?,28?,30?,31-,32?,33?,34-,35?,36?,37?,38?,39?,40?,41?,42?,43?,44?,45?,46?,47?,48?,49?,50?,51?,52?,53?,54+,55-,56-;/m0./s1. The Kier molecular flexibility index (Phi) is 22.8. The first-order valence-electron chi connectivity index (χ1n) is 29.6. The summed E-state index contributed by atoms with van der Waals surface area (Å²) in [5.74, 6) is -0.528. The Balaban J connectivity index is 0.00000940. The molecular weight excluding hydrogens is 1160 g/mol. The third-order valence-corrected chi connectivity index (χ3v) is 20.8. The van der Waals surface area contributed by atoms with Gasteiger partial charge in [0.1, 0.15) is 97.7 Å². The van der Waals surface area contributed by atoms with Crippen LogP contribution >= 0.6 is 0 Å². The number of ether oxygens (including phenoxy) is 10. The fourth-order valence-corrected chi connectivity index (χ4v) is 16.0. The van der Waals surface area contributed by atoms with Crippen LogP contribution in [0.3, 0.4) is 0 Å². The summed E-state index contributed by atoms with van der Waals surface area (Å²) in [6.07, 6.45) is -33.4. The molecule has 85 heavy (non-hydrogen) atoms. The van der Waals surface area contributed by atoms with Crippen molar-refractivity contribution < 1.29 is 160 Å². The Bertz CT molecular complexity index is 2410. The molecule has 9 rings (SSSR count). The molecule has 3 saturated carbocycles. The summed E-state index contributed by atoms with van der Waals surface area (Å²) in [6, 6.07) is 0. The molecule has 5 aliphatic heterocycles. The summed E-state index contributed by atoms with van der Waals surface area (Å²) in [4.78, 5) is 0. The van der Waals surface area contributed by atoms with Crippen LogP contribution in [0.25, 0.3) is 0 Å². The van der Waals surface area contributed by atoms with Gasteiger partial charge in [0.25, 0.3) is 0 Å². The first-order valence-corrected chi connectivity index (χ1v) is 30.9. The number of fused-ring (bicyclic) bond motifs is 5. The van der Waals surface area contributed by atoms with E-state index in [0.717, 1.165) is 19.3 Å². The maximum absolute atomic E-state index is 12.4. The van der Waals surface area contributed by atoms with Gasteiger partial charge in [-0.05, 0) is 134 Å². The Morgan fingerprint density at radius 3 is 1.79 bits per heavy atom. The first-order chi connectivity index (χ1) is 39.3. The molecule has 0 aromatic rings. The van der Waals surface area contributed by atoms with Crippen LogP contribution in [-0.2, 0) is 62.0 Å². The average molecular weight is 1250 g/mol. The zero-order chi connectivity index (χ0) is 61.4. The fourth-order valence-electron chi connectivity index (χ4n) is 15.5. The number of aliphatic hydroxyl groups is 13. The molecule has 27 nitrogen and oxygen atoms in total. The van der Waals surface area contributed by atoms with Gasteiger partial charge in [-0.1, -0.05) is 37.1 Å². The van der Waals surface area contributed by atoms with Crippen molar-refractivity contribution in [1.82, 2.24) is 0 Å². The molecule has 29 heteroatoms. The van der Waals surface area contributed by atoms with Crippen LogP contribution in [0.1, 0.15) is 113 Å². The van der Waals surface area contributed by atoms with Crippen LogP contribution in [0.15, 0.2) is 23.3 Å². The molecule has 0 aromatic carbocycles. The minimum Gasteiger partial charge on any atom is -0.726 e. The van der Waals surface area contributed by atoms with Gasteiger partial charge in [-0.2, -0.15) is 0 Å². The van der Waals surface area contributed by atoms with Gasteiger partial charge >= 0.3 is 29.6 Å². The summed E-state index contributed by atoms with van der Waals surface area (Å²) < 4.78 is 102. The van der Waals surface area contributed by atoms with E-state index in [1.165, 1.54) is 31.9 Å². The molecule has 0 radical (unpaired) electrons. The smallest absolute Gasteiger partial charge is 0.726 e. The molecular formula is C56H91NaO27S. The molecule has 5 saturated heterocycles. The van der Waals surface area contributed by atoms with E-state index in [0.29, 0.717) is 25.7 Å². The van der Waals surface area contributed by atoms with E-state index in [2.05, 4.69) is 26.0 Å². The van der Waals surface area contributed by atoms with Gasteiger partial charge in [-0.15, -0.1) is 0 Å². The first kappa shape index (κ1) is 70.3. The fraction of sp³-hybridized carbons (Fsp3) is 0.929. The maximum atomic E-state index is 12.4. The maximum Gasteiger partial charge on any atom is 1.00 e. The van der Waals surface area contributed by atoms with E-state index in [1.807, 2.05) is 20.8 Å². The summed E-state index contributed by atoms with van der Waals surface area (Å²) in [7, 11) is -5.11. The largest absolute Gasteiger partial charge is 1.00 e. The van der Waals surface area contributed by atoms with E-state index < -0.39 is 200 Å². The topological polar surface area (TPSA) is 422 Å². The third kappa shape index (κ3) is 14.2. The van der Waals surface area contributed by atoms with Crippen molar-refractivity contribution >= 4 is 10.4 Å². The molecule has 27 unspecified atom stereocenters. The van der Waals surface area contributed by atoms with E-state index in [9.17, 15) is 79.4 Å². The molecule has 13 N–H and O–H groups in total. The van der Waals surface area contributed by atoms with Gasteiger partial charge in [0.05, 0.1) is 49.3 Å². The molecule has 0 aromatic heterocycles. The number of rotatable bonds is 17. The molecule has 33 atom stereocenters. The zero-order valence-electron chi connectivity index (χ0n) is 49.7. The van der Waals surface area contributed by atoms with Gasteiger partial charge in [0, 0.05) is 0 Å². The number of hydrogen-bond acceptors (Lipinski definition) is 27. The van der Waals surface area contributed by atoms with Crippen molar-refractivity contribution in [1.29, 1.82) is 0 Å². The summed E-state index contributed by atoms with van der Waals surface area (Å²) >= 11 is 0. The van der Waals surface area contributed by atoms with Gasteiger partial charge < -0.3 is 118 Å². The monoisotopic (exact) mass is 1250 g/mol. The van der Waals surface area contributed by atoms with Crippen molar-refractivity contribution in [3.05, 3.63) is 23.3 Å². The summed E-state index contributed by atoms with van der Waals surface area (Å²) in [6.45, 7) is 13.0. The van der Waals surface area contributed by atoms with E-state index in [1.54, 1.807) is 0 Å². The van der Waals surface area contributed by atoms with Crippen LogP contribution in [0.5, 0.6) is 0 Å². The van der Waals surface area contributed by atoms with Crippen LogP contribution in [0.4, 0.5) is 0 Å². The molecule has 0 amide bonds. The van der Waals surface area contributed by atoms with Crippen molar-refractivity contribution in [2.75, 3.05) is 13.2 Å². The Hall–Kier alpha value is -0.570. The molecule has 5 heterocycles. The Morgan fingerprint density at radius 2 is 1.21 bits per heavy atom. The molecule has 0 bridgehead atoms. The van der Waals surface area contributed by atoms with Crippen molar-refractivity contribution in [2.45, 2.75) is 278 Å². The van der Waals surface area contributed by atoms with Crippen LogP contribution < -0.4 is 29.6 Å². The second kappa shape index (κ2) is 27.6. The van der Waals surface area contributed by atoms with Crippen LogP contribution in [0.2, 0.25) is 0 Å². The molecule has 8 fully saturated rings. The summed E-state index contributed by atoms with van der Waals surface area (Å²) in [5.41, 5.74) is 0.447. The SMILES string of the molecule is CC(C)=CCC[C@](C)(O)[C@H]1CCC2C3C[C@H](OC4OC(C)C(O)C(OC5OCC(OC6OC(CO)C(O)C(O)C6OC6OC(C)C(O)C(O)C6O)C(O)C5OC5OC(C)C(O)C(O)C5O)C4O)C4C[C@@H](OS(=O)(=O)[O-])CC[C@]4(C)C3=CC[C@@]21C.[Na+]. The second-order valence-electron chi connectivity index (χ2n) is 26.2. The minimum absolute atomic E-state index is 0. The van der Waals surface area contributed by atoms with E-state index in [-0.39, 0.29) is 65.6 Å². The normalized spacial score (nSPS) is 51.0. The summed E-state index contributed by atoms with van der Waals surface area (Å²) in [5, 5.41) is 145. The van der Waals surface area contributed by atoms with Gasteiger partial charge in [0.15, 0.2) is 31.5 Å². The van der Waals surface area contributed by atoms with Crippen LogP contribution in [-0.4, -0.2) is 258 Å². The van der Waals surface area contributed by atoms with E-state index >= 15 is 0 Å². The quantitative estimate of drug-likeness (QED) is 0.0280. The minimum atomic E-state index is -5.11. The predicted molar refractivity (Wildman–Crippen MR) is 283 cm³/mol. The molecule has 4 aliphatic carbocycles. The Morgan fingerprint density at radius 1 is 0.659 bits per heavy atom. The van der Waals surface area contributed by atoms with Crippen molar-refractivity contribution in [3.63, 3.8) is 0 Å². The number of hydrogen-bond donors (Lipinski definition) is 13. The molecule has 0 spiro atoms. The van der Waals surface area contributed by atoms with Crippen molar-refractivity contribution in [2.24, 2.45) is 34.5 Å². The number of aliphatic hydroxyl groups excluding tert-OH is 12. The van der Waals surface area contributed by atoms with Gasteiger partial charge in [0.2, 0.25) is 10.4 Å². The van der Waals surface area contributed by atoms with Crippen molar-refractivity contribution in [3.8, 4) is 0 Å². The average Bonchev–Trinajstić information content (AvgIpc) is 1.74. The Labute approximate surface area is 517 Å². The molecule has 484 valence electrons. The van der Waals surface area contributed by atoms with Crippen LogP contribution in [0, 0.1) is 34.5 Å². The second-order valence-corrected chi connectivity index (χ2v) is 27.2. The third-order valence-electron chi connectivity index (χ3n) is 20.3.